The summed E-state index contributed by atoms with van der Waals surface area (Å²) in [6.45, 7) is 0.103. The summed E-state index contributed by atoms with van der Waals surface area (Å²) in [6, 6.07) is 9.09. The molecule has 0 radical (unpaired) electrons. The van der Waals surface area contributed by atoms with Crippen molar-refractivity contribution in [2.75, 3.05) is 0 Å². The van der Waals surface area contributed by atoms with Crippen LogP contribution in [-0.2, 0) is 25.7 Å². The summed E-state index contributed by atoms with van der Waals surface area (Å²) in [5.74, 6) is -1.90. The number of aromatic nitrogens is 2. The molecule has 1 unspecified atom stereocenters. The van der Waals surface area contributed by atoms with Gasteiger partial charge in [-0.15, -0.1) is 0 Å². The molecule has 1 N–H and O–H groups in total. The van der Waals surface area contributed by atoms with Gasteiger partial charge in [-0.25, -0.2) is 19.1 Å². The second kappa shape index (κ2) is 8.47. The molecule has 0 fully saturated rings. The number of ether oxygens (including phenoxy) is 2. The number of aliphatic carboxylic acids is 1. The average molecular weight is 332 g/mol. The Morgan fingerprint density at radius 1 is 1.21 bits per heavy atom. The van der Waals surface area contributed by atoms with Crippen molar-refractivity contribution < 1.29 is 29.0 Å². The maximum atomic E-state index is 11.7. The second-order valence-electron chi connectivity index (χ2n) is 4.87. The predicted octanol–water partition coefficient (Wildman–Crippen LogP) is 1.84. The molecule has 8 nitrogen and oxygen atoms in total. The summed E-state index contributed by atoms with van der Waals surface area (Å²) < 4.78 is 10.9. The largest absolute Gasteiger partial charge is 0.479 e. The molecule has 0 saturated carbocycles. The molecule has 0 aliphatic carbocycles. The van der Waals surface area contributed by atoms with Gasteiger partial charge in [-0.1, -0.05) is 30.3 Å². The molecule has 1 aromatic carbocycles. The smallest absolute Gasteiger partial charge is 0.420 e. The Labute approximate surface area is 137 Å². The number of carbonyl (C=O) groups excluding carboxylic acids is 2. The van der Waals surface area contributed by atoms with E-state index in [0.29, 0.717) is 0 Å². The predicted molar refractivity (Wildman–Crippen MR) is 81.0 cm³/mol. The van der Waals surface area contributed by atoms with Crippen molar-refractivity contribution >= 4 is 18.0 Å². The Kier molecular flexibility index (Phi) is 6.07. The molecule has 2 aromatic rings. The zero-order valence-corrected chi connectivity index (χ0v) is 12.7. The number of imidazole rings is 1. The van der Waals surface area contributed by atoms with E-state index in [1.807, 2.05) is 18.2 Å². The topological polar surface area (TPSA) is 108 Å². The van der Waals surface area contributed by atoms with Crippen molar-refractivity contribution in [3.8, 4) is 0 Å². The van der Waals surface area contributed by atoms with E-state index < -0.39 is 24.1 Å². The van der Waals surface area contributed by atoms with Crippen molar-refractivity contribution in [1.29, 1.82) is 0 Å². The number of esters is 1. The van der Waals surface area contributed by atoms with Crippen LogP contribution in [0.1, 0.15) is 18.4 Å². The van der Waals surface area contributed by atoms with E-state index in [4.69, 9.17) is 14.6 Å². The number of hydrogen-bond donors (Lipinski definition) is 1. The van der Waals surface area contributed by atoms with Crippen LogP contribution in [0, 0.1) is 0 Å². The first-order chi connectivity index (χ1) is 11.6. The summed E-state index contributed by atoms with van der Waals surface area (Å²) in [6.07, 6.45) is 1.20. The van der Waals surface area contributed by atoms with Crippen LogP contribution in [0.5, 0.6) is 0 Å². The highest BCUT2D eigenvalue weighted by Gasteiger charge is 2.24. The van der Waals surface area contributed by atoms with Gasteiger partial charge in [0, 0.05) is 25.2 Å². The SMILES string of the molecule is O=C(CCC(OC(=O)n1ccnc1)C(=O)O)OCc1ccccc1. The lowest BCUT2D eigenvalue weighted by Gasteiger charge is -2.13. The molecule has 0 bridgehead atoms. The molecule has 1 heterocycles. The third-order valence-electron chi connectivity index (χ3n) is 3.09. The van der Waals surface area contributed by atoms with Gasteiger partial charge in [0.15, 0.2) is 0 Å². The van der Waals surface area contributed by atoms with Gasteiger partial charge >= 0.3 is 18.0 Å². The lowest BCUT2D eigenvalue weighted by atomic mass is 10.2. The highest BCUT2D eigenvalue weighted by molar-refractivity contribution is 5.79. The second-order valence-corrected chi connectivity index (χ2v) is 4.87. The van der Waals surface area contributed by atoms with Crippen molar-refractivity contribution in [3.05, 3.63) is 54.6 Å². The van der Waals surface area contributed by atoms with E-state index in [-0.39, 0.29) is 19.4 Å². The van der Waals surface area contributed by atoms with Gasteiger partial charge in [0.1, 0.15) is 12.9 Å². The Balaban J connectivity index is 1.79. The van der Waals surface area contributed by atoms with Crippen molar-refractivity contribution in [1.82, 2.24) is 9.55 Å². The first kappa shape index (κ1) is 17.2. The minimum absolute atomic E-state index is 0.103. The molecule has 1 atom stereocenters. The van der Waals surface area contributed by atoms with Gasteiger partial charge < -0.3 is 14.6 Å². The average Bonchev–Trinajstić information content (AvgIpc) is 3.12. The maximum Gasteiger partial charge on any atom is 0.420 e. The van der Waals surface area contributed by atoms with Crippen LogP contribution >= 0.6 is 0 Å². The normalized spacial score (nSPS) is 11.5. The highest BCUT2D eigenvalue weighted by atomic mass is 16.6. The summed E-state index contributed by atoms with van der Waals surface area (Å²) >= 11 is 0. The van der Waals surface area contributed by atoms with Crippen LogP contribution < -0.4 is 0 Å². The first-order valence-corrected chi connectivity index (χ1v) is 7.17. The molecule has 8 heteroatoms. The van der Waals surface area contributed by atoms with Crippen LogP contribution in [0.15, 0.2) is 49.1 Å². The van der Waals surface area contributed by atoms with Crippen molar-refractivity contribution in [3.63, 3.8) is 0 Å². The lowest BCUT2D eigenvalue weighted by molar-refractivity contribution is -0.149. The number of carboxylic acids is 1. The van der Waals surface area contributed by atoms with E-state index in [0.717, 1.165) is 10.1 Å². The number of rotatable bonds is 7. The lowest BCUT2D eigenvalue weighted by Crippen LogP contribution is -2.29. The van der Waals surface area contributed by atoms with Crippen LogP contribution in [0.4, 0.5) is 4.79 Å². The minimum atomic E-state index is -1.44. The molecular weight excluding hydrogens is 316 g/mol. The number of hydrogen-bond acceptors (Lipinski definition) is 6. The van der Waals surface area contributed by atoms with Crippen LogP contribution in [0.3, 0.4) is 0 Å². The van der Waals surface area contributed by atoms with Gasteiger partial charge in [0.25, 0.3) is 0 Å². The molecule has 0 saturated heterocycles. The molecule has 1 aromatic heterocycles. The monoisotopic (exact) mass is 332 g/mol. The minimum Gasteiger partial charge on any atom is -0.479 e. The van der Waals surface area contributed by atoms with E-state index in [1.165, 1.54) is 18.7 Å². The number of benzene rings is 1. The molecular formula is C16H16N2O6. The molecule has 2 rings (SSSR count). The van der Waals surface area contributed by atoms with Gasteiger partial charge in [-0.2, -0.15) is 0 Å². The molecule has 126 valence electrons. The highest BCUT2D eigenvalue weighted by Crippen LogP contribution is 2.08. The third-order valence-corrected chi connectivity index (χ3v) is 3.09. The summed E-state index contributed by atoms with van der Waals surface area (Å²) in [7, 11) is 0. The first-order valence-electron chi connectivity index (χ1n) is 7.17. The van der Waals surface area contributed by atoms with Gasteiger partial charge in [0.05, 0.1) is 0 Å². The van der Waals surface area contributed by atoms with Crippen LogP contribution in [0.25, 0.3) is 0 Å². The van der Waals surface area contributed by atoms with E-state index >= 15 is 0 Å². The Morgan fingerprint density at radius 2 is 1.96 bits per heavy atom. The summed E-state index contributed by atoms with van der Waals surface area (Å²) in [5, 5.41) is 9.09. The van der Waals surface area contributed by atoms with Crippen molar-refractivity contribution in [2.24, 2.45) is 0 Å². The molecule has 0 aliphatic heterocycles. The van der Waals surface area contributed by atoms with Crippen molar-refractivity contribution in [2.45, 2.75) is 25.6 Å². The fourth-order valence-electron chi connectivity index (χ4n) is 1.84. The number of carbonyl (C=O) groups is 3. The van der Waals surface area contributed by atoms with Crippen LogP contribution in [0.2, 0.25) is 0 Å². The zero-order valence-electron chi connectivity index (χ0n) is 12.7. The van der Waals surface area contributed by atoms with Gasteiger partial charge in [-0.05, 0) is 5.56 Å². The Morgan fingerprint density at radius 3 is 2.58 bits per heavy atom. The van der Waals surface area contributed by atoms with Gasteiger partial charge in [-0.3, -0.25) is 4.79 Å². The van der Waals surface area contributed by atoms with Gasteiger partial charge in [0.2, 0.25) is 6.10 Å². The quantitative estimate of drug-likeness (QED) is 0.771. The van der Waals surface area contributed by atoms with E-state index in [9.17, 15) is 14.4 Å². The van der Waals surface area contributed by atoms with E-state index in [2.05, 4.69) is 4.98 Å². The maximum absolute atomic E-state index is 11.7. The summed E-state index contributed by atoms with van der Waals surface area (Å²) in [4.78, 5) is 38.2. The van der Waals surface area contributed by atoms with E-state index in [1.54, 1.807) is 12.1 Å². The molecule has 0 aliphatic rings. The fraction of sp³-hybridized carbons (Fsp3) is 0.250. The standard InChI is InChI=1S/C16H16N2O6/c19-14(23-10-12-4-2-1-3-5-12)7-6-13(15(20)21)24-16(22)18-9-8-17-11-18/h1-5,8-9,11,13H,6-7,10H2,(H,20,21). The van der Waals surface area contributed by atoms with Crippen LogP contribution in [-0.4, -0.2) is 38.8 Å². The summed E-state index contributed by atoms with van der Waals surface area (Å²) in [5.41, 5.74) is 0.826. The zero-order chi connectivity index (χ0) is 17.4. The Bertz CT molecular complexity index is 684. The molecule has 24 heavy (non-hydrogen) atoms. The number of nitrogens with zero attached hydrogens (tertiary/aromatic N) is 2. The molecule has 0 spiro atoms. The fourth-order valence-corrected chi connectivity index (χ4v) is 1.84. The molecule has 0 amide bonds. The third kappa shape index (κ3) is 5.24. The Hall–Kier alpha value is -3.16. The number of carboxylic acid groups (broad SMARTS) is 1.